The zero-order chi connectivity index (χ0) is 14.5. The molecule has 18 heavy (non-hydrogen) atoms. The van der Waals surface area contributed by atoms with E-state index in [9.17, 15) is 0 Å². The maximum Gasteiger partial charge on any atom is 0.00720 e. The lowest BCUT2D eigenvalue weighted by molar-refractivity contribution is 0.503. The third kappa shape index (κ3) is 44.1. The summed E-state index contributed by atoms with van der Waals surface area (Å²) >= 11 is 4.17. The van der Waals surface area contributed by atoms with E-state index in [1.54, 1.807) is 0 Å². The van der Waals surface area contributed by atoms with Gasteiger partial charge in [-0.1, -0.05) is 75.7 Å². The summed E-state index contributed by atoms with van der Waals surface area (Å²) in [5.41, 5.74) is 0. The van der Waals surface area contributed by atoms with Crippen LogP contribution in [0.2, 0.25) is 0 Å². The van der Waals surface area contributed by atoms with Crippen molar-refractivity contribution in [1.82, 2.24) is 5.32 Å². The van der Waals surface area contributed by atoms with Crippen LogP contribution in [-0.2, 0) is 0 Å². The highest BCUT2D eigenvalue weighted by atomic mass is 32.1. The Morgan fingerprint density at radius 3 is 1.44 bits per heavy atom. The van der Waals surface area contributed by atoms with Gasteiger partial charge in [-0.2, -0.15) is 12.6 Å². The third-order valence-corrected chi connectivity index (χ3v) is 2.22. The number of rotatable bonds is 6. The molecule has 1 unspecified atom stereocenters. The maximum absolute atomic E-state index is 4.17. The van der Waals surface area contributed by atoms with E-state index in [1.165, 1.54) is 25.7 Å². The molecule has 0 bridgehead atoms. The standard InChI is InChI=1S/C7H17NS.C4H10.2C2H6.CH4/c1-3-7(5-6-9)8-4-2;1-3-4-2;2*1-2;/h7-9H,3-6H2,1-2H3;3-4H2,1-2H3;2*1-2H3;1H4. The van der Waals surface area contributed by atoms with Crippen molar-refractivity contribution in [3.05, 3.63) is 0 Å². The van der Waals surface area contributed by atoms with Crippen molar-refractivity contribution in [3.8, 4) is 0 Å². The lowest BCUT2D eigenvalue weighted by Crippen LogP contribution is -2.28. The molecule has 0 saturated carbocycles. The molecule has 0 aromatic rings. The van der Waals surface area contributed by atoms with Crippen LogP contribution in [0.3, 0.4) is 0 Å². The fraction of sp³-hybridized carbons (Fsp3) is 1.00. The summed E-state index contributed by atoms with van der Waals surface area (Å²) < 4.78 is 0. The van der Waals surface area contributed by atoms with Crippen LogP contribution < -0.4 is 5.32 Å². The van der Waals surface area contributed by atoms with Crippen LogP contribution in [0.5, 0.6) is 0 Å². The summed E-state index contributed by atoms with van der Waals surface area (Å²) in [5.74, 6) is 0.992. The van der Waals surface area contributed by atoms with E-state index >= 15 is 0 Å². The van der Waals surface area contributed by atoms with Gasteiger partial charge < -0.3 is 5.32 Å². The van der Waals surface area contributed by atoms with Gasteiger partial charge in [-0.05, 0) is 25.1 Å². The van der Waals surface area contributed by atoms with Crippen LogP contribution in [-0.4, -0.2) is 18.3 Å². The third-order valence-electron chi connectivity index (χ3n) is 1.96. The van der Waals surface area contributed by atoms with Crippen molar-refractivity contribution in [2.45, 2.75) is 94.5 Å². The molecule has 0 aliphatic heterocycles. The van der Waals surface area contributed by atoms with E-state index in [-0.39, 0.29) is 7.43 Å². The normalized spacial score (nSPS) is 9.17. The van der Waals surface area contributed by atoms with Crippen LogP contribution in [0.4, 0.5) is 0 Å². The smallest absolute Gasteiger partial charge is 0.00720 e. The molecule has 0 rings (SSSR count). The Labute approximate surface area is 125 Å². The lowest BCUT2D eigenvalue weighted by Gasteiger charge is -2.13. The predicted octanol–water partition coefficient (Wildman–Crippen LogP) is 6.19. The van der Waals surface area contributed by atoms with Gasteiger partial charge >= 0.3 is 0 Å². The molecule has 0 aliphatic carbocycles. The Bertz CT molecular complexity index is 69.5. The molecule has 0 aromatic carbocycles. The van der Waals surface area contributed by atoms with Crippen molar-refractivity contribution in [3.63, 3.8) is 0 Å². The fourth-order valence-electron chi connectivity index (χ4n) is 0.895. The van der Waals surface area contributed by atoms with Crippen LogP contribution in [0, 0.1) is 0 Å². The van der Waals surface area contributed by atoms with Crippen molar-refractivity contribution >= 4 is 12.6 Å². The van der Waals surface area contributed by atoms with Gasteiger partial charge in [-0.25, -0.2) is 0 Å². The van der Waals surface area contributed by atoms with Crippen molar-refractivity contribution in [1.29, 1.82) is 0 Å². The average molecular weight is 282 g/mol. The molecule has 1 nitrogen and oxygen atoms in total. The van der Waals surface area contributed by atoms with Gasteiger partial charge in [0, 0.05) is 6.04 Å². The summed E-state index contributed by atoms with van der Waals surface area (Å²) in [6.45, 7) is 17.8. The second kappa shape index (κ2) is 43.3. The van der Waals surface area contributed by atoms with Crippen LogP contribution in [0.15, 0.2) is 0 Å². The minimum Gasteiger partial charge on any atom is -0.314 e. The van der Waals surface area contributed by atoms with Crippen molar-refractivity contribution in [2.75, 3.05) is 12.3 Å². The Morgan fingerprint density at radius 1 is 0.889 bits per heavy atom. The minimum absolute atomic E-state index is 0. The lowest BCUT2D eigenvalue weighted by atomic mass is 10.2. The van der Waals surface area contributed by atoms with Crippen molar-refractivity contribution < 1.29 is 0 Å². The zero-order valence-corrected chi connectivity index (χ0v) is 14.7. The summed E-state index contributed by atoms with van der Waals surface area (Å²) in [4.78, 5) is 0. The summed E-state index contributed by atoms with van der Waals surface area (Å²) in [6.07, 6.45) is 5.04. The Hall–Kier alpha value is 0.310. The molecule has 1 N–H and O–H groups in total. The second-order valence-electron chi connectivity index (χ2n) is 3.18. The molecule has 0 radical (unpaired) electrons. The number of hydrogen-bond donors (Lipinski definition) is 2. The Balaban J connectivity index is -0.0000000532. The zero-order valence-electron chi connectivity index (χ0n) is 13.8. The molecule has 0 amide bonds. The number of unbranched alkanes of at least 4 members (excludes halogenated alkanes) is 1. The molecule has 0 aromatic heterocycles. The van der Waals surface area contributed by atoms with E-state index in [2.05, 4.69) is 45.6 Å². The first-order valence-corrected chi connectivity index (χ1v) is 8.24. The maximum atomic E-state index is 4.17. The summed E-state index contributed by atoms with van der Waals surface area (Å²) in [5, 5.41) is 3.38. The van der Waals surface area contributed by atoms with E-state index < -0.39 is 0 Å². The van der Waals surface area contributed by atoms with Gasteiger partial charge in [0.05, 0.1) is 0 Å². The molecular weight excluding hydrogens is 238 g/mol. The summed E-state index contributed by atoms with van der Waals surface area (Å²) in [6, 6.07) is 0.687. The van der Waals surface area contributed by atoms with Gasteiger partial charge in [0.15, 0.2) is 0 Å². The molecule has 2 heteroatoms. The highest BCUT2D eigenvalue weighted by Crippen LogP contribution is 1.97. The number of thiol groups is 1. The van der Waals surface area contributed by atoms with E-state index in [4.69, 9.17) is 0 Å². The molecule has 118 valence electrons. The SMILES string of the molecule is C.CC.CC.CCCC.CCNC(CC)CCS. The first-order valence-electron chi connectivity index (χ1n) is 7.60. The monoisotopic (exact) mass is 281 g/mol. The molecule has 0 spiro atoms. The number of nitrogens with one attached hydrogen (secondary N) is 1. The average Bonchev–Trinajstić information content (AvgIpc) is 2.43. The minimum atomic E-state index is 0. The van der Waals surface area contributed by atoms with Crippen LogP contribution in [0.1, 0.15) is 88.5 Å². The van der Waals surface area contributed by atoms with E-state index in [1.807, 2.05) is 27.7 Å². The highest BCUT2D eigenvalue weighted by Gasteiger charge is 2.00. The first-order chi connectivity index (χ1) is 8.26. The molecular formula is C16H43NS. The second-order valence-corrected chi connectivity index (χ2v) is 3.62. The Kier molecular flexibility index (Phi) is 74.5. The molecule has 1 atom stereocenters. The van der Waals surface area contributed by atoms with Crippen LogP contribution in [0.25, 0.3) is 0 Å². The van der Waals surface area contributed by atoms with Gasteiger partial charge in [-0.15, -0.1) is 0 Å². The molecule has 0 heterocycles. The Morgan fingerprint density at radius 2 is 1.28 bits per heavy atom. The highest BCUT2D eigenvalue weighted by molar-refractivity contribution is 7.80. The molecule has 0 aliphatic rings. The fourth-order valence-corrected chi connectivity index (χ4v) is 1.21. The molecule has 0 saturated heterocycles. The van der Waals surface area contributed by atoms with Crippen molar-refractivity contribution in [2.24, 2.45) is 0 Å². The number of hydrogen-bond acceptors (Lipinski definition) is 2. The van der Waals surface area contributed by atoms with Gasteiger partial charge in [0.25, 0.3) is 0 Å². The van der Waals surface area contributed by atoms with Gasteiger partial charge in [0.2, 0.25) is 0 Å². The predicted molar refractivity (Wildman–Crippen MR) is 96.2 cm³/mol. The molecule has 0 fully saturated rings. The van der Waals surface area contributed by atoms with E-state index in [0.29, 0.717) is 6.04 Å². The van der Waals surface area contributed by atoms with E-state index in [0.717, 1.165) is 12.3 Å². The van der Waals surface area contributed by atoms with Gasteiger partial charge in [-0.3, -0.25) is 0 Å². The van der Waals surface area contributed by atoms with Crippen LogP contribution >= 0.6 is 12.6 Å². The topological polar surface area (TPSA) is 12.0 Å². The van der Waals surface area contributed by atoms with Gasteiger partial charge in [0.1, 0.15) is 0 Å². The quantitative estimate of drug-likeness (QED) is 0.553. The first kappa shape index (κ1) is 31.0. The summed E-state index contributed by atoms with van der Waals surface area (Å²) in [7, 11) is 0. The largest absolute Gasteiger partial charge is 0.314 e.